The number of aryl methyl sites for hydroxylation is 1. The van der Waals surface area contributed by atoms with Crippen LogP contribution in [0, 0.1) is 5.92 Å². The minimum absolute atomic E-state index is 0.00270. The Kier molecular flexibility index (Phi) is 7.37. The molecule has 1 saturated heterocycles. The van der Waals surface area contributed by atoms with Gasteiger partial charge in [0.15, 0.2) is 13.2 Å². The average molecular weight is 506 g/mol. The van der Waals surface area contributed by atoms with Crippen molar-refractivity contribution in [3.8, 4) is 22.6 Å². The average Bonchev–Trinajstić information content (AvgIpc) is 2.91. The number of fused-ring (bicyclic) bond motifs is 1. The number of hydrogen-bond donors (Lipinski definition) is 1. The molecule has 2 aliphatic rings. The van der Waals surface area contributed by atoms with Crippen molar-refractivity contribution in [1.82, 2.24) is 9.88 Å². The second-order valence-corrected chi connectivity index (χ2v) is 9.57. The Hall–Kier alpha value is -3.58. The maximum atomic E-state index is 12.8. The lowest BCUT2D eigenvalue weighted by Gasteiger charge is -2.32. The van der Waals surface area contributed by atoms with Gasteiger partial charge in [0, 0.05) is 30.4 Å². The lowest BCUT2D eigenvalue weighted by Crippen LogP contribution is -2.41. The summed E-state index contributed by atoms with van der Waals surface area (Å²) in [7, 11) is 0. The molecule has 1 fully saturated rings. The predicted octanol–water partition coefficient (Wildman–Crippen LogP) is 4.98. The Morgan fingerprint density at radius 3 is 2.78 bits per heavy atom. The molecule has 5 rings (SSSR count). The van der Waals surface area contributed by atoms with Crippen LogP contribution >= 0.6 is 11.6 Å². The number of carbonyl (C=O) groups excluding carboxylic acids is 2. The summed E-state index contributed by atoms with van der Waals surface area (Å²) in [4.78, 5) is 30.4. The van der Waals surface area contributed by atoms with Gasteiger partial charge in [-0.2, -0.15) is 0 Å². The van der Waals surface area contributed by atoms with Crippen molar-refractivity contribution in [3.63, 3.8) is 0 Å². The molecule has 0 bridgehead atoms. The van der Waals surface area contributed by atoms with Gasteiger partial charge in [0.1, 0.15) is 16.7 Å². The summed E-state index contributed by atoms with van der Waals surface area (Å²) >= 11 is 5.91. The van der Waals surface area contributed by atoms with Crippen molar-refractivity contribution in [2.75, 3.05) is 31.6 Å². The van der Waals surface area contributed by atoms with E-state index in [0.29, 0.717) is 16.8 Å². The number of nitrogens with zero attached hydrogens (tertiary/aromatic N) is 2. The van der Waals surface area contributed by atoms with Gasteiger partial charge in [-0.15, -0.1) is 0 Å². The van der Waals surface area contributed by atoms with Crippen LogP contribution in [0.15, 0.2) is 60.8 Å². The highest BCUT2D eigenvalue weighted by Crippen LogP contribution is 2.31. The Morgan fingerprint density at radius 2 is 1.97 bits per heavy atom. The number of rotatable bonds is 7. The third kappa shape index (κ3) is 5.79. The number of anilines is 1. The van der Waals surface area contributed by atoms with Crippen molar-refractivity contribution in [2.45, 2.75) is 25.7 Å². The number of benzene rings is 2. The van der Waals surface area contributed by atoms with Crippen molar-refractivity contribution in [1.29, 1.82) is 0 Å². The Labute approximate surface area is 215 Å². The number of ether oxygens (including phenoxy) is 2. The van der Waals surface area contributed by atoms with Crippen LogP contribution in [0.2, 0.25) is 5.15 Å². The summed E-state index contributed by atoms with van der Waals surface area (Å²) in [5.41, 5.74) is 3.69. The zero-order valence-corrected chi connectivity index (χ0v) is 20.7. The molecular weight excluding hydrogens is 478 g/mol. The second-order valence-electron chi connectivity index (χ2n) is 9.18. The molecule has 3 aromatic rings. The van der Waals surface area contributed by atoms with Gasteiger partial charge < -0.3 is 19.7 Å². The first-order valence-electron chi connectivity index (χ1n) is 12.2. The zero-order valence-electron chi connectivity index (χ0n) is 19.9. The molecule has 0 atom stereocenters. The Bertz CT molecular complexity index is 1240. The van der Waals surface area contributed by atoms with Crippen LogP contribution in [0.5, 0.6) is 11.5 Å². The lowest BCUT2D eigenvalue weighted by atomic mass is 9.90. The molecule has 186 valence electrons. The van der Waals surface area contributed by atoms with Crippen LogP contribution < -0.4 is 14.8 Å². The van der Waals surface area contributed by atoms with E-state index >= 15 is 0 Å². The zero-order chi connectivity index (χ0) is 24.9. The van der Waals surface area contributed by atoms with Crippen molar-refractivity contribution in [2.24, 2.45) is 5.92 Å². The lowest BCUT2D eigenvalue weighted by molar-refractivity contribution is -0.134. The number of amides is 2. The van der Waals surface area contributed by atoms with Gasteiger partial charge in [-0.25, -0.2) is 4.98 Å². The van der Waals surface area contributed by atoms with E-state index in [9.17, 15) is 9.59 Å². The summed E-state index contributed by atoms with van der Waals surface area (Å²) in [5, 5.41) is 3.30. The maximum Gasteiger partial charge on any atom is 0.262 e. The fourth-order valence-corrected chi connectivity index (χ4v) is 4.84. The number of likely N-dealkylation sites (tertiary alicyclic amines) is 1. The van der Waals surface area contributed by atoms with E-state index in [1.807, 2.05) is 47.4 Å². The standard InChI is InChI=1S/C28H28ClN3O4/c29-26-10-8-21(16-30-26)22-3-1-2-4-24(22)36-18-28(34)32-13-11-19(12-14-32)5-6-20-7-9-25-23(15-20)31-27(33)17-35-25/h1-4,7-10,15-16,19H,5-6,11-14,17-18H2,(H,31,33). The van der Waals surface area contributed by atoms with Crippen LogP contribution in [-0.4, -0.2) is 48.0 Å². The van der Waals surface area contributed by atoms with Crippen LogP contribution in [-0.2, 0) is 16.0 Å². The summed E-state index contributed by atoms with van der Waals surface area (Å²) in [6.45, 7) is 1.56. The van der Waals surface area contributed by atoms with Crippen molar-refractivity contribution < 1.29 is 19.1 Å². The summed E-state index contributed by atoms with van der Waals surface area (Å²) in [5.74, 6) is 1.82. The van der Waals surface area contributed by atoms with E-state index in [2.05, 4.69) is 16.4 Å². The van der Waals surface area contributed by atoms with E-state index < -0.39 is 0 Å². The SMILES string of the molecule is O=C1COc2ccc(CCC3CCN(C(=O)COc4ccccc4-c4ccc(Cl)nc4)CC3)cc2N1. The molecule has 0 spiro atoms. The molecule has 3 heterocycles. The van der Waals surface area contributed by atoms with Gasteiger partial charge in [-0.3, -0.25) is 9.59 Å². The molecule has 7 nitrogen and oxygen atoms in total. The minimum atomic E-state index is -0.119. The molecule has 1 aromatic heterocycles. The third-order valence-corrected chi connectivity index (χ3v) is 6.99. The molecule has 1 N–H and O–H groups in total. The first kappa shape index (κ1) is 24.1. The number of carbonyl (C=O) groups is 2. The van der Waals surface area contributed by atoms with Gasteiger partial charge in [-0.1, -0.05) is 35.9 Å². The molecule has 36 heavy (non-hydrogen) atoms. The van der Waals surface area contributed by atoms with E-state index in [4.69, 9.17) is 21.1 Å². The van der Waals surface area contributed by atoms with E-state index in [1.54, 1.807) is 12.3 Å². The Morgan fingerprint density at radius 1 is 1.14 bits per heavy atom. The van der Waals surface area contributed by atoms with Crippen molar-refractivity contribution in [3.05, 3.63) is 71.5 Å². The van der Waals surface area contributed by atoms with E-state index in [-0.39, 0.29) is 25.0 Å². The van der Waals surface area contributed by atoms with E-state index in [1.165, 1.54) is 5.56 Å². The minimum Gasteiger partial charge on any atom is -0.483 e. The first-order valence-corrected chi connectivity index (χ1v) is 12.6. The molecule has 2 aromatic carbocycles. The molecule has 0 aliphatic carbocycles. The largest absolute Gasteiger partial charge is 0.483 e. The quantitative estimate of drug-likeness (QED) is 0.458. The normalized spacial score (nSPS) is 15.6. The molecular formula is C28H28ClN3O4. The maximum absolute atomic E-state index is 12.8. The number of aromatic nitrogens is 1. The number of hydrogen-bond acceptors (Lipinski definition) is 5. The number of pyridine rings is 1. The van der Waals surface area contributed by atoms with Crippen LogP contribution in [0.3, 0.4) is 0 Å². The van der Waals surface area contributed by atoms with Crippen LogP contribution in [0.1, 0.15) is 24.8 Å². The van der Waals surface area contributed by atoms with Gasteiger partial charge in [0.05, 0.1) is 5.69 Å². The monoisotopic (exact) mass is 505 g/mol. The first-order chi connectivity index (χ1) is 17.5. The summed E-state index contributed by atoms with van der Waals surface area (Å²) in [6.07, 6.45) is 5.63. The second kappa shape index (κ2) is 11.0. The predicted molar refractivity (Wildman–Crippen MR) is 138 cm³/mol. The highest BCUT2D eigenvalue weighted by Gasteiger charge is 2.24. The topological polar surface area (TPSA) is 80.8 Å². The fraction of sp³-hybridized carbons (Fsp3) is 0.321. The summed E-state index contributed by atoms with van der Waals surface area (Å²) in [6, 6.07) is 17.2. The molecule has 2 aliphatic heterocycles. The number of halogens is 1. The van der Waals surface area contributed by atoms with E-state index in [0.717, 1.165) is 61.3 Å². The Balaban J connectivity index is 1.09. The summed E-state index contributed by atoms with van der Waals surface area (Å²) < 4.78 is 11.4. The van der Waals surface area contributed by atoms with Gasteiger partial charge in [0.25, 0.3) is 11.8 Å². The van der Waals surface area contributed by atoms with Gasteiger partial charge >= 0.3 is 0 Å². The molecule has 0 radical (unpaired) electrons. The highest BCUT2D eigenvalue weighted by atomic mass is 35.5. The molecule has 8 heteroatoms. The smallest absolute Gasteiger partial charge is 0.262 e. The van der Waals surface area contributed by atoms with Crippen LogP contribution in [0.4, 0.5) is 5.69 Å². The fourth-order valence-electron chi connectivity index (χ4n) is 4.72. The number of piperidine rings is 1. The number of nitrogens with one attached hydrogen (secondary N) is 1. The van der Waals surface area contributed by atoms with Crippen molar-refractivity contribution >= 4 is 29.1 Å². The highest BCUT2D eigenvalue weighted by molar-refractivity contribution is 6.29. The molecule has 0 unspecified atom stereocenters. The van der Waals surface area contributed by atoms with Gasteiger partial charge in [0.2, 0.25) is 0 Å². The molecule has 0 saturated carbocycles. The van der Waals surface area contributed by atoms with Crippen LogP contribution in [0.25, 0.3) is 11.1 Å². The molecule has 2 amide bonds. The number of para-hydroxylation sites is 1. The van der Waals surface area contributed by atoms with Gasteiger partial charge in [-0.05, 0) is 67.5 Å². The third-order valence-electron chi connectivity index (χ3n) is 6.76.